The SMILES string of the molecule is O=C(c1ccc(NC2CC2)c([N+](=O)[O-])c1)N1CCN(S(=O)(=O)c2cccc([N+](=O)[O-])c2)CC1. The first-order valence-electron chi connectivity index (χ1n) is 10.3. The number of nitro benzene ring substituents is 2. The van der Waals surface area contributed by atoms with E-state index in [0.717, 1.165) is 18.9 Å². The lowest BCUT2D eigenvalue weighted by Crippen LogP contribution is -2.50. The highest BCUT2D eigenvalue weighted by molar-refractivity contribution is 7.89. The third-order valence-electron chi connectivity index (χ3n) is 5.57. The van der Waals surface area contributed by atoms with Crippen molar-refractivity contribution in [2.75, 3.05) is 31.5 Å². The normalized spacial score (nSPS) is 16.9. The van der Waals surface area contributed by atoms with Crippen molar-refractivity contribution in [3.05, 3.63) is 68.3 Å². The molecule has 0 aromatic heterocycles. The fourth-order valence-corrected chi connectivity index (χ4v) is 5.07. The van der Waals surface area contributed by atoms with Crippen LogP contribution in [0, 0.1) is 20.2 Å². The summed E-state index contributed by atoms with van der Waals surface area (Å²) in [6, 6.07) is 9.29. The summed E-state index contributed by atoms with van der Waals surface area (Å²) in [5, 5.41) is 25.5. The Hall–Kier alpha value is -3.58. The zero-order valence-corrected chi connectivity index (χ0v) is 18.2. The predicted molar refractivity (Wildman–Crippen MR) is 117 cm³/mol. The van der Waals surface area contributed by atoms with E-state index in [2.05, 4.69) is 5.32 Å². The molecule has 174 valence electrons. The van der Waals surface area contributed by atoms with Gasteiger partial charge in [0, 0.05) is 56.0 Å². The fraction of sp³-hybridized carbons (Fsp3) is 0.350. The van der Waals surface area contributed by atoms with Gasteiger partial charge in [-0.2, -0.15) is 4.31 Å². The second-order valence-corrected chi connectivity index (χ2v) is 9.80. The second kappa shape index (κ2) is 8.75. The van der Waals surface area contributed by atoms with E-state index < -0.39 is 25.8 Å². The quantitative estimate of drug-likeness (QED) is 0.472. The molecule has 0 unspecified atom stereocenters. The van der Waals surface area contributed by atoms with Crippen molar-refractivity contribution < 1.29 is 23.1 Å². The van der Waals surface area contributed by atoms with Crippen LogP contribution in [-0.2, 0) is 10.0 Å². The number of non-ortho nitro benzene ring substituents is 1. The zero-order valence-electron chi connectivity index (χ0n) is 17.4. The first-order chi connectivity index (χ1) is 15.7. The number of anilines is 1. The molecule has 1 amide bonds. The van der Waals surface area contributed by atoms with Crippen LogP contribution >= 0.6 is 0 Å². The van der Waals surface area contributed by atoms with Crippen LogP contribution in [0.4, 0.5) is 17.1 Å². The van der Waals surface area contributed by atoms with Crippen molar-refractivity contribution in [2.24, 2.45) is 0 Å². The molecule has 2 aliphatic rings. The van der Waals surface area contributed by atoms with Crippen molar-refractivity contribution in [1.29, 1.82) is 0 Å². The molecule has 2 aromatic rings. The number of rotatable bonds is 7. The van der Waals surface area contributed by atoms with Crippen LogP contribution in [0.15, 0.2) is 47.4 Å². The Kier molecular flexibility index (Phi) is 5.99. The average Bonchev–Trinajstić information content (AvgIpc) is 3.63. The van der Waals surface area contributed by atoms with Gasteiger partial charge in [-0.05, 0) is 31.0 Å². The molecule has 1 heterocycles. The molecule has 1 saturated carbocycles. The van der Waals surface area contributed by atoms with Gasteiger partial charge in [0.05, 0.1) is 14.7 Å². The summed E-state index contributed by atoms with van der Waals surface area (Å²) in [5.74, 6) is -0.427. The summed E-state index contributed by atoms with van der Waals surface area (Å²) < 4.78 is 26.9. The van der Waals surface area contributed by atoms with Crippen LogP contribution in [0.2, 0.25) is 0 Å². The maximum Gasteiger partial charge on any atom is 0.293 e. The summed E-state index contributed by atoms with van der Waals surface area (Å²) in [5.41, 5.74) is 0.00990. The topological polar surface area (TPSA) is 156 Å². The van der Waals surface area contributed by atoms with Gasteiger partial charge in [0.15, 0.2) is 0 Å². The molecular formula is C20H21N5O7S. The minimum absolute atomic E-state index is 0.000176. The van der Waals surface area contributed by atoms with Gasteiger partial charge in [-0.15, -0.1) is 0 Å². The molecule has 13 heteroatoms. The Morgan fingerprint density at radius 2 is 1.67 bits per heavy atom. The van der Waals surface area contributed by atoms with Gasteiger partial charge in [-0.1, -0.05) is 6.07 Å². The molecule has 1 aliphatic carbocycles. The highest BCUT2D eigenvalue weighted by Crippen LogP contribution is 2.32. The van der Waals surface area contributed by atoms with Gasteiger partial charge in [-0.25, -0.2) is 8.42 Å². The Balaban J connectivity index is 1.46. The lowest BCUT2D eigenvalue weighted by Gasteiger charge is -2.34. The van der Waals surface area contributed by atoms with Crippen LogP contribution in [0.3, 0.4) is 0 Å². The molecule has 12 nitrogen and oxygen atoms in total. The van der Waals surface area contributed by atoms with E-state index in [-0.39, 0.29) is 54.1 Å². The van der Waals surface area contributed by atoms with Gasteiger partial charge in [0.2, 0.25) is 10.0 Å². The van der Waals surface area contributed by atoms with E-state index in [1.807, 2.05) is 0 Å². The van der Waals surface area contributed by atoms with Crippen molar-refractivity contribution in [1.82, 2.24) is 9.21 Å². The van der Waals surface area contributed by atoms with Crippen LogP contribution in [0.1, 0.15) is 23.2 Å². The van der Waals surface area contributed by atoms with Gasteiger partial charge in [0.1, 0.15) is 5.69 Å². The maximum atomic E-state index is 12.9. The third kappa shape index (κ3) is 4.78. The zero-order chi connectivity index (χ0) is 23.8. The monoisotopic (exact) mass is 475 g/mol. The summed E-state index contributed by atoms with van der Waals surface area (Å²) in [6.07, 6.45) is 1.89. The summed E-state index contributed by atoms with van der Waals surface area (Å²) >= 11 is 0. The highest BCUT2D eigenvalue weighted by atomic mass is 32.2. The number of piperazine rings is 1. The lowest BCUT2D eigenvalue weighted by atomic mass is 10.1. The molecule has 2 fully saturated rings. The third-order valence-corrected chi connectivity index (χ3v) is 7.47. The van der Waals surface area contributed by atoms with Gasteiger partial charge in [-0.3, -0.25) is 25.0 Å². The van der Waals surface area contributed by atoms with E-state index >= 15 is 0 Å². The lowest BCUT2D eigenvalue weighted by molar-refractivity contribution is -0.385. The Morgan fingerprint density at radius 1 is 0.970 bits per heavy atom. The van der Waals surface area contributed by atoms with E-state index in [0.29, 0.717) is 5.69 Å². The Labute approximate surface area is 189 Å². The van der Waals surface area contributed by atoms with Crippen molar-refractivity contribution >= 4 is 33.0 Å². The number of nitrogens with one attached hydrogen (secondary N) is 1. The smallest absolute Gasteiger partial charge is 0.293 e. The minimum Gasteiger partial charge on any atom is -0.377 e. The summed E-state index contributed by atoms with van der Waals surface area (Å²) in [4.78, 5) is 35.4. The number of carbonyl (C=O) groups excluding carboxylic acids is 1. The number of nitrogens with zero attached hydrogens (tertiary/aromatic N) is 4. The first kappa shape index (κ1) is 22.6. The standard InChI is InChI=1S/C20H21N5O7S/c26-20(14-4-7-18(21-15-5-6-15)19(12-14)25(29)30)22-8-10-23(11-9-22)33(31,32)17-3-1-2-16(13-17)24(27)28/h1-4,7,12-13,15,21H,5-6,8-11H2. The Bertz CT molecular complexity index is 1220. The molecule has 1 saturated heterocycles. The highest BCUT2D eigenvalue weighted by Gasteiger charge is 2.32. The molecule has 0 radical (unpaired) electrons. The van der Waals surface area contributed by atoms with Crippen molar-refractivity contribution in [3.8, 4) is 0 Å². The number of amides is 1. The van der Waals surface area contributed by atoms with E-state index in [4.69, 9.17) is 0 Å². The molecule has 33 heavy (non-hydrogen) atoms. The molecule has 4 rings (SSSR count). The molecule has 1 N–H and O–H groups in total. The van der Waals surface area contributed by atoms with Crippen LogP contribution in [0.5, 0.6) is 0 Å². The van der Waals surface area contributed by atoms with E-state index in [1.54, 1.807) is 0 Å². The first-order valence-corrected chi connectivity index (χ1v) is 11.7. The summed E-state index contributed by atoms with van der Waals surface area (Å²) in [6.45, 7) is 0.173. The number of hydrogen-bond donors (Lipinski definition) is 1. The van der Waals surface area contributed by atoms with Crippen LogP contribution in [-0.4, -0.2) is 65.6 Å². The number of hydrogen-bond acceptors (Lipinski definition) is 8. The molecule has 0 atom stereocenters. The van der Waals surface area contributed by atoms with E-state index in [1.165, 1.54) is 45.6 Å². The van der Waals surface area contributed by atoms with Gasteiger partial charge < -0.3 is 10.2 Å². The Morgan fingerprint density at radius 3 is 2.27 bits per heavy atom. The minimum atomic E-state index is -3.97. The number of sulfonamides is 1. The molecule has 2 aromatic carbocycles. The number of benzene rings is 2. The second-order valence-electron chi connectivity index (χ2n) is 7.86. The van der Waals surface area contributed by atoms with Gasteiger partial charge in [0.25, 0.3) is 17.3 Å². The van der Waals surface area contributed by atoms with Crippen LogP contribution in [0.25, 0.3) is 0 Å². The number of nitro groups is 2. The fourth-order valence-electron chi connectivity index (χ4n) is 3.61. The average molecular weight is 475 g/mol. The maximum absolute atomic E-state index is 12.9. The molecule has 1 aliphatic heterocycles. The molecular weight excluding hydrogens is 454 g/mol. The summed E-state index contributed by atoms with van der Waals surface area (Å²) in [7, 11) is -3.97. The largest absolute Gasteiger partial charge is 0.377 e. The molecule has 0 spiro atoms. The van der Waals surface area contributed by atoms with Gasteiger partial charge >= 0.3 is 0 Å². The van der Waals surface area contributed by atoms with Crippen molar-refractivity contribution in [2.45, 2.75) is 23.8 Å². The van der Waals surface area contributed by atoms with E-state index in [9.17, 15) is 33.4 Å². The number of carbonyl (C=O) groups is 1. The molecule has 0 bridgehead atoms. The van der Waals surface area contributed by atoms with Crippen molar-refractivity contribution in [3.63, 3.8) is 0 Å². The predicted octanol–water partition coefficient (Wildman–Crippen LogP) is 2.22. The van der Waals surface area contributed by atoms with Crippen LogP contribution < -0.4 is 5.32 Å².